The molecule has 6 nitrogen and oxygen atoms in total. The van der Waals surface area contributed by atoms with E-state index in [1.54, 1.807) is 19.2 Å². The van der Waals surface area contributed by atoms with Gasteiger partial charge in [-0.1, -0.05) is 56.1 Å². The van der Waals surface area contributed by atoms with Gasteiger partial charge in [0.1, 0.15) is 12.1 Å². The van der Waals surface area contributed by atoms with Crippen LogP contribution in [0.1, 0.15) is 44.2 Å². The van der Waals surface area contributed by atoms with Crippen molar-refractivity contribution in [3.63, 3.8) is 0 Å². The maximum atomic E-state index is 15.1. The first-order valence-electron chi connectivity index (χ1n) is 12.7. The predicted octanol–water partition coefficient (Wildman–Crippen LogP) is 4.60. The minimum atomic E-state index is -1.28. The fourth-order valence-electron chi connectivity index (χ4n) is 5.93. The molecule has 4 rings (SSSR count). The molecule has 0 saturated carbocycles. The van der Waals surface area contributed by atoms with E-state index in [0.29, 0.717) is 48.9 Å². The number of amides is 1. The molecule has 2 aliphatic heterocycles. The Balaban J connectivity index is 1.99. The lowest BCUT2D eigenvalue weighted by molar-refractivity contribution is -0.134. The van der Waals surface area contributed by atoms with Crippen LogP contribution < -0.4 is 16.0 Å². The van der Waals surface area contributed by atoms with Crippen LogP contribution in [0.25, 0.3) is 0 Å². The number of nitrogens with zero attached hydrogens (tertiary/aromatic N) is 1. The molecule has 3 N–H and O–H groups in total. The Morgan fingerprint density at radius 2 is 1.92 bits per heavy atom. The SMILES string of the molecule is CNc1cc(Cl)c(F)cc1C1(C=O)C(CC(C)(C)C)NC(C(=O)N2CCNCC2)C1c1cccc(Cl)c1. The molecule has 2 aromatic carbocycles. The number of halogens is 3. The number of hydrogen-bond acceptors (Lipinski definition) is 5. The van der Waals surface area contributed by atoms with Crippen molar-refractivity contribution in [2.75, 3.05) is 38.5 Å². The second kappa shape index (κ2) is 10.9. The molecule has 0 bridgehead atoms. The zero-order valence-electron chi connectivity index (χ0n) is 21.7. The maximum Gasteiger partial charge on any atom is 0.240 e. The van der Waals surface area contributed by atoms with Crippen molar-refractivity contribution < 1.29 is 14.0 Å². The van der Waals surface area contributed by atoms with Crippen molar-refractivity contribution >= 4 is 41.1 Å². The lowest BCUT2D eigenvalue weighted by Gasteiger charge is -2.40. The van der Waals surface area contributed by atoms with Crippen molar-refractivity contribution in [1.82, 2.24) is 15.5 Å². The van der Waals surface area contributed by atoms with Crippen molar-refractivity contribution in [3.8, 4) is 0 Å². The first-order valence-corrected chi connectivity index (χ1v) is 13.4. The molecule has 37 heavy (non-hydrogen) atoms. The van der Waals surface area contributed by atoms with Gasteiger partial charge in [0, 0.05) is 55.9 Å². The number of hydrogen-bond donors (Lipinski definition) is 3. The average molecular weight is 550 g/mol. The summed E-state index contributed by atoms with van der Waals surface area (Å²) >= 11 is 12.6. The molecule has 2 heterocycles. The molecule has 1 amide bonds. The molecule has 2 saturated heterocycles. The van der Waals surface area contributed by atoms with E-state index in [4.69, 9.17) is 23.2 Å². The topological polar surface area (TPSA) is 73.5 Å². The van der Waals surface area contributed by atoms with Crippen LogP contribution in [-0.4, -0.2) is 62.4 Å². The zero-order chi connectivity index (χ0) is 27.0. The summed E-state index contributed by atoms with van der Waals surface area (Å²) in [6.45, 7) is 8.83. The molecule has 4 atom stereocenters. The van der Waals surface area contributed by atoms with Gasteiger partial charge in [-0.2, -0.15) is 0 Å². The lowest BCUT2D eigenvalue weighted by atomic mass is 9.62. The van der Waals surface area contributed by atoms with E-state index >= 15 is 4.39 Å². The van der Waals surface area contributed by atoms with Crippen molar-refractivity contribution in [2.45, 2.75) is 50.6 Å². The van der Waals surface area contributed by atoms with E-state index in [0.717, 1.165) is 11.8 Å². The highest BCUT2D eigenvalue weighted by atomic mass is 35.5. The predicted molar refractivity (Wildman–Crippen MR) is 147 cm³/mol. The van der Waals surface area contributed by atoms with E-state index in [-0.39, 0.29) is 16.3 Å². The molecule has 2 aliphatic rings. The van der Waals surface area contributed by atoms with Gasteiger partial charge in [-0.25, -0.2) is 4.39 Å². The second-order valence-electron chi connectivity index (χ2n) is 11.2. The van der Waals surface area contributed by atoms with Gasteiger partial charge in [0.25, 0.3) is 0 Å². The van der Waals surface area contributed by atoms with Gasteiger partial charge in [-0.3, -0.25) is 4.79 Å². The van der Waals surface area contributed by atoms with E-state index < -0.39 is 29.2 Å². The number of nitrogens with one attached hydrogen (secondary N) is 3. The summed E-state index contributed by atoms with van der Waals surface area (Å²) in [6.07, 6.45) is 1.47. The van der Waals surface area contributed by atoms with Crippen LogP contribution in [-0.2, 0) is 15.0 Å². The first kappa shape index (κ1) is 27.8. The normalized spacial score (nSPS) is 26.2. The number of anilines is 1. The van der Waals surface area contributed by atoms with Gasteiger partial charge < -0.3 is 25.6 Å². The minimum Gasteiger partial charge on any atom is -0.388 e. The molecule has 0 aliphatic carbocycles. The Bertz CT molecular complexity index is 1170. The van der Waals surface area contributed by atoms with Crippen LogP contribution in [0.4, 0.5) is 10.1 Å². The van der Waals surface area contributed by atoms with Crippen molar-refractivity contribution in [3.05, 3.63) is 63.4 Å². The van der Waals surface area contributed by atoms with Gasteiger partial charge in [0.15, 0.2) is 0 Å². The van der Waals surface area contributed by atoms with Crippen LogP contribution in [0.15, 0.2) is 36.4 Å². The monoisotopic (exact) mass is 548 g/mol. The Kier molecular flexibility index (Phi) is 8.19. The third-order valence-electron chi connectivity index (χ3n) is 7.52. The third-order valence-corrected chi connectivity index (χ3v) is 8.04. The van der Waals surface area contributed by atoms with Gasteiger partial charge in [-0.05, 0) is 47.2 Å². The smallest absolute Gasteiger partial charge is 0.240 e. The Labute approximate surface area is 228 Å². The fourth-order valence-corrected chi connectivity index (χ4v) is 6.30. The summed E-state index contributed by atoms with van der Waals surface area (Å²) in [4.78, 5) is 29.4. The highest BCUT2D eigenvalue weighted by Gasteiger charge is 2.60. The molecule has 0 radical (unpaired) electrons. The number of aldehydes is 1. The van der Waals surface area contributed by atoms with Crippen LogP contribution in [0.5, 0.6) is 0 Å². The standard InChI is InChI=1S/C28H35Cl2FN4O2/c1-27(2,3)15-23-28(16-36,19-13-21(31)20(30)14-22(19)32-4)24(17-6-5-7-18(29)12-17)25(34-23)26(37)35-10-8-33-9-11-35/h5-7,12-14,16,23-25,32-34H,8-11,15H2,1-4H3. The molecule has 4 unspecified atom stereocenters. The summed E-state index contributed by atoms with van der Waals surface area (Å²) < 4.78 is 15.1. The van der Waals surface area contributed by atoms with Crippen molar-refractivity contribution in [2.24, 2.45) is 5.41 Å². The highest BCUT2D eigenvalue weighted by molar-refractivity contribution is 6.31. The summed E-state index contributed by atoms with van der Waals surface area (Å²) in [6, 6.07) is 8.95. The van der Waals surface area contributed by atoms with Gasteiger partial charge in [0.2, 0.25) is 5.91 Å². The van der Waals surface area contributed by atoms with Gasteiger partial charge >= 0.3 is 0 Å². The van der Waals surface area contributed by atoms with E-state index in [9.17, 15) is 9.59 Å². The summed E-state index contributed by atoms with van der Waals surface area (Å²) in [5.41, 5.74) is 0.281. The summed E-state index contributed by atoms with van der Waals surface area (Å²) in [5.74, 6) is -1.33. The van der Waals surface area contributed by atoms with Crippen LogP contribution in [0, 0.1) is 11.2 Å². The number of benzene rings is 2. The molecular formula is C28H35Cl2FN4O2. The van der Waals surface area contributed by atoms with E-state index in [1.165, 1.54) is 12.1 Å². The van der Waals surface area contributed by atoms with E-state index in [1.807, 2.05) is 17.0 Å². The Morgan fingerprint density at radius 1 is 1.22 bits per heavy atom. The molecule has 200 valence electrons. The van der Waals surface area contributed by atoms with Crippen LogP contribution >= 0.6 is 23.2 Å². The molecule has 0 aromatic heterocycles. The van der Waals surface area contributed by atoms with Gasteiger partial charge in [0.05, 0.1) is 16.5 Å². The highest BCUT2D eigenvalue weighted by Crippen LogP contribution is 2.53. The first-order chi connectivity index (χ1) is 17.5. The molecule has 2 aromatic rings. The largest absolute Gasteiger partial charge is 0.388 e. The Morgan fingerprint density at radius 3 is 2.51 bits per heavy atom. The average Bonchev–Trinajstić information content (AvgIpc) is 3.18. The number of piperazine rings is 1. The fraction of sp³-hybridized carbons (Fsp3) is 0.500. The third kappa shape index (κ3) is 5.37. The van der Waals surface area contributed by atoms with Crippen molar-refractivity contribution in [1.29, 1.82) is 0 Å². The molecular weight excluding hydrogens is 514 g/mol. The Hall–Kier alpha value is -2.19. The number of carbonyl (C=O) groups excluding carboxylic acids is 2. The molecule has 0 spiro atoms. The van der Waals surface area contributed by atoms with Gasteiger partial charge in [-0.15, -0.1) is 0 Å². The second-order valence-corrected chi connectivity index (χ2v) is 12.0. The van der Waals surface area contributed by atoms with Crippen LogP contribution in [0.3, 0.4) is 0 Å². The summed E-state index contributed by atoms with van der Waals surface area (Å²) in [7, 11) is 1.71. The molecule has 9 heteroatoms. The quantitative estimate of drug-likeness (QED) is 0.460. The zero-order valence-corrected chi connectivity index (χ0v) is 23.2. The summed E-state index contributed by atoms with van der Waals surface area (Å²) in [5, 5.41) is 10.4. The molecule has 2 fully saturated rings. The minimum absolute atomic E-state index is 0.0415. The maximum absolute atomic E-state index is 15.1. The van der Waals surface area contributed by atoms with E-state index in [2.05, 4.69) is 36.7 Å². The number of rotatable bonds is 6. The lowest BCUT2D eigenvalue weighted by Crippen LogP contribution is -2.53. The van der Waals surface area contributed by atoms with Crippen LogP contribution in [0.2, 0.25) is 10.0 Å². The number of carbonyl (C=O) groups is 2.